The number of para-hydroxylation sites is 1. The molecule has 1 amide bonds. The Morgan fingerprint density at radius 1 is 1.00 bits per heavy atom. The van der Waals surface area contributed by atoms with Gasteiger partial charge in [0.1, 0.15) is 0 Å². The zero-order valence-electron chi connectivity index (χ0n) is 19.5. The van der Waals surface area contributed by atoms with E-state index in [9.17, 15) is 14.7 Å². The highest BCUT2D eigenvalue weighted by atomic mass is 35.5. The number of anilines is 1. The maximum atomic E-state index is 12.9. The van der Waals surface area contributed by atoms with Crippen molar-refractivity contribution in [3.05, 3.63) is 105 Å². The fourth-order valence-corrected chi connectivity index (χ4v) is 4.37. The number of carbonyl (C=O) groups is 2. The number of hydrogen-bond acceptors (Lipinski definition) is 5. The van der Waals surface area contributed by atoms with Crippen molar-refractivity contribution in [3.8, 4) is 11.6 Å². The van der Waals surface area contributed by atoms with E-state index in [2.05, 4.69) is 5.32 Å². The lowest BCUT2D eigenvalue weighted by Gasteiger charge is -2.10. The van der Waals surface area contributed by atoms with Gasteiger partial charge in [0.15, 0.2) is 4.77 Å². The first kappa shape index (κ1) is 25.2. The summed E-state index contributed by atoms with van der Waals surface area (Å²) in [4.78, 5) is 24.6. The Kier molecular flexibility index (Phi) is 7.87. The van der Waals surface area contributed by atoms with E-state index in [-0.39, 0.29) is 18.2 Å². The van der Waals surface area contributed by atoms with Crippen LogP contribution in [0, 0.1) is 4.77 Å². The average molecular weight is 522 g/mol. The number of benzene rings is 3. The summed E-state index contributed by atoms with van der Waals surface area (Å²) in [6.07, 6.45) is 0.530. The predicted octanol–water partition coefficient (Wildman–Crippen LogP) is 5.58. The highest BCUT2D eigenvalue weighted by Crippen LogP contribution is 2.27. The first-order valence-electron chi connectivity index (χ1n) is 11.2. The molecular weight excluding hydrogens is 498 g/mol. The van der Waals surface area contributed by atoms with E-state index < -0.39 is 5.97 Å². The van der Waals surface area contributed by atoms with Crippen molar-refractivity contribution in [3.63, 3.8) is 0 Å². The molecular formula is C27H24ClN3O4S. The number of aryl methyl sites for hydroxylation is 1. The Morgan fingerprint density at radius 3 is 2.31 bits per heavy atom. The second-order valence-electron chi connectivity index (χ2n) is 8.05. The Bertz CT molecular complexity index is 1430. The number of ether oxygens (including phenoxy) is 1. The van der Waals surface area contributed by atoms with Crippen molar-refractivity contribution in [2.75, 3.05) is 12.4 Å². The summed E-state index contributed by atoms with van der Waals surface area (Å²) in [6, 6.07) is 23.1. The van der Waals surface area contributed by atoms with Crippen LogP contribution in [0.5, 0.6) is 5.88 Å². The third-order valence-electron chi connectivity index (χ3n) is 5.69. The molecule has 184 valence electrons. The van der Waals surface area contributed by atoms with E-state index in [0.29, 0.717) is 45.4 Å². The second kappa shape index (κ2) is 11.2. The van der Waals surface area contributed by atoms with Crippen LogP contribution in [0.15, 0.2) is 78.9 Å². The minimum absolute atomic E-state index is 0.0847. The monoisotopic (exact) mass is 521 g/mol. The van der Waals surface area contributed by atoms with E-state index in [1.54, 1.807) is 33.4 Å². The molecule has 2 N–H and O–H groups in total. The summed E-state index contributed by atoms with van der Waals surface area (Å²) in [5.41, 5.74) is 3.05. The molecule has 9 heteroatoms. The van der Waals surface area contributed by atoms with Crippen LogP contribution in [0.2, 0.25) is 5.02 Å². The minimum Gasteiger partial charge on any atom is -0.493 e. The van der Waals surface area contributed by atoms with Crippen LogP contribution in [-0.2, 0) is 28.9 Å². The number of esters is 1. The number of carbonyl (C=O) groups excluding carboxylic acids is 2. The molecule has 3 aromatic carbocycles. The van der Waals surface area contributed by atoms with Gasteiger partial charge < -0.3 is 19.7 Å². The Balaban J connectivity index is 1.61. The molecule has 1 heterocycles. The average Bonchev–Trinajstić information content (AvgIpc) is 3.12. The SMILES string of the molecule is COC(=O)c1ccc(NC(=O)Cc2c(O)n(-c3ccccc3)c(=S)n2CCc2ccc(Cl)cc2)cc1. The lowest BCUT2D eigenvalue weighted by atomic mass is 10.1. The molecule has 0 atom stereocenters. The van der Waals surface area contributed by atoms with Crippen LogP contribution >= 0.6 is 23.8 Å². The number of rotatable bonds is 8. The molecule has 36 heavy (non-hydrogen) atoms. The lowest BCUT2D eigenvalue weighted by Crippen LogP contribution is -2.17. The number of aromatic nitrogens is 2. The zero-order chi connectivity index (χ0) is 25.7. The number of imidazole rings is 1. The van der Waals surface area contributed by atoms with E-state index in [1.165, 1.54) is 7.11 Å². The van der Waals surface area contributed by atoms with Crippen molar-refractivity contribution in [2.24, 2.45) is 0 Å². The van der Waals surface area contributed by atoms with Crippen LogP contribution in [0.1, 0.15) is 21.6 Å². The third kappa shape index (κ3) is 5.67. The third-order valence-corrected chi connectivity index (χ3v) is 6.34. The summed E-state index contributed by atoms with van der Waals surface area (Å²) < 4.78 is 8.43. The van der Waals surface area contributed by atoms with E-state index in [0.717, 1.165) is 5.56 Å². The zero-order valence-corrected chi connectivity index (χ0v) is 21.1. The summed E-state index contributed by atoms with van der Waals surface area (Å²) in [5.74, 6) is -0.880. The lowest BCUT2D eigenvalue weighted by molar-refractivity contribution is -0.115. The highest BCUT2D eigenvalue weighted by molar-refractivity contribution is 7.71. The Labute approximate surface area is 218 Å². The van der Waals surface area contributed by atoms with Gasteiger partial charge in [-0.15, -0.1) is 0 Å². The number of halogens is 1. The van der Waals surface area contributed by atoms with Gasteiger partial charge in [-0.3, -0.25) is 9.36 Å². The standard InChI is InChI=1S/C27H24ClN3O4S/c1-35-26(34)19-9-13-21(14-10-19)29-24(32)17-23-25(33)31(22-5-3-2-4-6-22)27(36)30(23)16-15-18-7-11-20(28)12-8-18/h2-14,33H,15-17H2,1H3,(H,29,32). The van der Waals surface area contributed by atoms with Crippen molar-refractivity contribution in [2.45, 2.75) is 19.4 Å². The molecule has 0 aliphatic rings. The number of methoxy groups -OCH3 is 1. The smallest absolute Gasteiger partial charge is 0.337 e. The Morgan fingerprint density at radius 2 is 1.67 bits per heavy atom. The second-order valence-corrected chi connectivity index (χ2v) is 8.85. The molecule has 0 saturated carbocycles. The van der Waals surface area contributed by atoms with Crippen LogP contribution in [0.25, 0.3) is 5.69 Å². The van der Waals surface area contributed by atoms with Gasteiger partial charge in [-0.1, -0.05) is 41.9 Å². The molecule has 0 radical (unpaired) electrons. The van der Waals surface area contributed by atoms with Gasteiger partial charge in [-0.2, -0.15) is 0 Å². The minimum atomic E-state index is -0.459. The summed E-state index contributed by atoms with van der Waals surface area (Å²) in [6.45, 7) is 0.463. The molecule has 0 bridgehead atoms. The number of aromatic hydroxyl groups is 1. The maximum absolute atomic E-state index is 12.9. The van der Waals surface area contributed by atoms with Gasteiger partial charge in [0.05, 0.1) is 30.5 Å². The van der Waals surface area contributed by atoms with Crippen LogP contribution < -0.4 is 5.32 Å². The number of nitrogens with one attached hydrogen (secondary N) is 1. The van der Waals surface area contributed by atoms with Gasteiger partial charge in [0.2, 0.25) is 11.8 Å². The fourth-order valence-electron chi connectivity index (χ4n) is 3.85. The van der Waals surface area contributed by atoms with Crippen molar-refractivity contribution in [1.82, 2.24) is 9.13 Å². The van der Waals surface area contributed by atoms with Gasteiger partial charge >= 0.3 is 5.97 Å². The Hall–Kier alpha value is -3.88. The summed E-state index contributed by atoms with van der Waals surface area (Å²) in [7, 11) is 1.31. The normalized spacial score (nSPS) is 10.7. The molecule has 4 rings (SSSR count). The molecule has 1 aromatic heterocycles. The van der Waals surface area contributed by atoms with Crippen LogP contribution in [0.3, 0.4) is 0 Å². The molecule has 4 aromatic rings. The number of amides is 1. The predicted molar refractivity (Wildman–Crippen MR) is 142 cm³/mol. The topological polar surface area (TPSA) is 85.5 Å². The van der Waals surface area contributed by atoms with E-state index >= 15 is 0 Å². The number of nitrogens with zero attached hydrogens (tertiary/aromatic N) is 2. The van der Waals surface area contributed by atoms with Crippen molar-refractivity contribution >= 4 is 41.4 Å². The molecule has 7 nitrogen and oxygen atoms in total. The summed E-state index contributed by atoms with van der Waals surface area (Å²) in [5, 5.41) is 14.6. The molecule has 0 unspecified atom stereocenters. The van der Waals surface area contributed by atoms with E-state index in [1.807, 2.05) is 54.6 Å². The van der Waals surface area contributed by atoms with Gasteiger partial charge in [0.25, 0.3) is 0 Å². The largest absolute Gasteiger partial charge is 0.493 e. The fraction of sp³-hybridized carbons (Fsp3) is 0.148. The molecule has 0 aliphatic carbocycles. The molecule has 0 aliphatic heterocycles. The molecule has 0 fully saturated rings. The van der Waals surface area contributed by atoms with Gasteiger partial charge in [-0.25, -0.2) is 4.79 Å². The molecule has 0 spiro atoms. The first-order chi connectivity index (χ1) is 17.4. The van der Waals surface area contributed by atoms with Gasteiger partial charge in [0, 0.05) is 17.3 Å². The van der Waals surface area contributed by atoms with Crippen LogP contribution in [-0.4, -0.2) is 33.2 Å². The quantitative estimate of drug-likeness (QED) is 0.233. The van der Waals surface area contributed by atoms with E-state index in [4.69, 9.17) is 28.6 Å². The first-order valence-corrected chi connectivity index (χ1v) is 12.0. The summed E-state index contributed by atoms with van der Waals surface area (Å²) >= 11 is 11.7. The molecule has 0 saturated heterocycles. The maximum Gasteiger partial charge on any atom is 0.337 e. The highest BCUT2D eigenvalue weighted by Gasteiger charge is 2.21. The van der Waals surface area contributed by atoms with Crippen molar-refractivity contribution in [1.29, 1.82) is 0 Å². The van der Waals surface area contributed by atoms with Crippen molar-refractivity contribution < 1.29 is 19.4 Å². The number of hydrogen-bond donors (Lipinski definition) is 2. The van der Waals surface area contributed by atoms with Crippen LogP contribution in [0.4, 0.5) is 5.69 Å². The van der Waals surface area contributed by atoms with Gasteiger partial charge in [-0.05, 0) is 72.7 Å².